The van der Waals surface area contributed by atoms with Crippen molar-refractivity contribution in [2.45, 2.75) is 38.8 Å². The van der Waals surface area contributed by atoms with E-state index in [0.717, 1.165) is 13.1 Å². The van der Waals surface area contributed by atoms with E-state index in [-0.39, 0.29) is 6.61 Å². The molecule has 3 N–H and O–H groups in total. The van der Waals surface area contributed by atoms with Crippen molar-refractivity contribution in [3.05, 3.63) is 0 Å². The van der Waals surface area contributed by atoms with Crippen molar-refractivity contribution in [2.24, 2.45) is 5.73 Å². The first-order chi connectivity index (χ1) is 8.60. The van der Waals surface area contributed by atoms with Gasteiger partial charge in [0.1, 0.15) is 0 Å². The normalized spacial score (nSPS) is 16.4. The van der Waals surface area contributed by atoms with Gasteiger partial charge in [-0.3, -0.25) is 9.69 Å². The molecule has 0 spiro atoms. The monoisotopic (exact) mass is 257 g/mol. The molecule has 6 heteroatoms. The highest BCUT2D eigenvalue weighted by molar-refractivity contribution is 6.01. The number of amides is 1. The van der Waals surface area contributed by atoms with Gasteiger partial charge < -0.3 is 15.8 Å². The SMILES string of the molecule is CCOC(=O)C(N)C(=O)NCCN(CC)C1CC1. The van der Waals surface area contributed by atoms with Crippen molar-refractivity contribution in [3.63, 3.8) is 0 Å². The van der Waals surface area contributed by atoms with Crippen LogP contribution in [0, 0.1) is 0 Å². The van der Waals surface area contributed by atoms with E-state index in [1.165, 1.54) is 12.8 Å². The summed E-state index contributed by atoms with van der Waals surface area (Å²) in [6.07, 6.45) is 2.48. The van der Waals surface area contributed by atoms with Gasteiger partial charge in [0.05, 0.1) is 6.61 Å². The molecule has 1 aliphatic carbocycles. The van der Waals surface area contributed by atoms with Crippen LogP contribution < -0.4 is 11.1 Å². The van der Waals surface area contributed by atoms with E-state index in [1.54, 1.807) is 6.92 Å². The second-order valence-corrected chi connectivity index (χ2v) is 4.38. The number of nitrogens with zero attached hydrogens (tertiary/aromatic N) is 1. The lowest BCUT2D eigenvalue weighted by molar-refractivity contribution is -0.147. The molecule has 18 heavy (non-hydrogen) atoms. The highest BCUT2D eigenvalue weighted by Gasteiger charge is 2.28. The third-order valence-electron chi connectivity index (χ3n) is 2.99. The van der Waals surface area contributed by atoms with Gasteiger partial charge in [-0.25, -0.2) is 4.79 Å². The van der Waals surface area contributed by atoms with Crippen LogP contribution in [0.1, 0.15) is 26.7 Å². The fourth-order valence-electron chi connectivity index (χ4n) is 1.81. The summed E-state index contributed by atoms with van der Waals surface area (Å²) in [6.45, 7) is 6.29. The van der Waals surface area contributed by atoms with Crippen LogP contribution in [-0.4, -0.2) is 55.1 Å². The molecule has 1 saturated carbocycles. The number of carbonyl (C=O) groups is 2. The predicted molar refractivity (Wildman–Crippen MR) is 67.9 cm³/mol. The molecule has 104 valence electrons. The number of rotatable bonds is 8. The van der Waals surface area contributed by atoms with E-state index in [2.05, 4.69) is 21.9 Å². The molecule has 0 heterocycles. The van der Waals surface area contributed by atoms with Crippen LogP contribution in [0.2, 0.25) is 0 Å². The summed E-state index contributed by atoms with van der Waals surface area (Å²) in [7, 11) is 0. The number of esters is 1. The molecular formula is C12H23N3O3. The number of nitrogens with two attached hydrogens (primary N) is 1. The summed E-state index contributed by atoms with van der Waals surface area (Å²) in [6, 6.07) is -0.549. The van der Waals surface area contributed by atoms with Crippen LogP contribution in [0.5, 0.6) is 0 Å². The zero-order valence-electron chi connectivity index (χ0n) is 11.1. The predicted octanol–water partition coefficient (Wildman–Crippen LogP) is -0.523. The standard InChI is InChI=1S/C12H23N3O3/c1-3-15(9-5-6-9)8-7-14-11(16)10(13)12(17)18-4-2/h9-10H,3-8,13H2,1-2H3,(H,14,16). The van der Waals surface area contributed by atoms with E-state index >= 15 is 0 Å². The van der Waals surface area contributed by atoms with Crippen molar-refractivity contribution in [3.8, 4) is 0 Å². The first-order valence-corrected chi connectivity index (χ1v) is 6.54. The van der Waals surface area contributed by atoms with Gasteiger partial charge in [-0.2, -0.15) is 0 Å². The summed E-state index contributed by atoms with van der Waals surface area (Å²) in [5, 5.41) is 2.66. The number of likely N-dealkylation sites (N-methyl/N-ethyl adjacent to an activating group) is 1. The molecule has 0 aromatic heterocycles. The van der Waals surface area contributed by atoms with Crippen molar-refractivity contribution < 1.29 is 14.3 Å². The summed E-state index contributed by atoms with van der Waals surface area (Å²) in [5.74, 6) is -1.15. The average Bonchev–Trinajstić information content (AvgIpc) is 3.18. The number of hydrogen-bond donors (Lipinski definition) is 2. The van der Waals surface area contributed by atoms with Gasteiger partial charge in [0.25, 0.3) is 0 Å². The number of ether oxygens (including phenoxy) is 1. The number of carbonyl (C=O) groups excluding carboxylic acids is 2. The van der Waals surface area contributed by atoms with Crippen LogP contribution in [0.4, 0.5) is 0 Å². The van der Waals surface area contributed by atoms with Crippen molar-refractivity contribution >= 4 is 11.9 Å². The molecule has 1 aliphatic rings. The second-order valence-electron chi connectivity index (χ2n) is 4.38. The Morgan fingerprint density at radius 3 is 2.61 bits per heavy atom. The quantitative estimate of drug-likeness (QED) is 0.451. The van der Waals surface area contributed by atoms with Crippen molar-refractivity contribution in [1.29, 1.82) is 0 Å². The summed E-state index contributed by atoms with van der Waals surface area (Å²) < 4.78 is 4.69. The smallest absolute Gasteiger partial charge is 0.332 e. The number of hydrogen-bond acceptors (Lipinski definition) is 5. The Labute approximate surface area is 108 Å². The van der Waals surface area contributed by atoms with E-state index in [1.807, 2.05) is 0 Å². The molecule has 0 saturated heterocycles. The highest BCUT2D eigenvalue weighted by Crippen LogP contribution is 2.25. The Balaban J connectivity index is 2.21. The third-order valence-corrected chi connectivity index (χ3v) is 2.99. The molecule has 1 unspecified atom stereocenters. The molecular weight excluding hydrogens is 234 g/mol. The zero-order valence-corrected chi connectivity index (χ0v) is 11.1. The van der Waals surface area contributed by atoms with Crippen molar-refractivity contribution in [2.75, 3.05) is 26.2 Å². The van der Waals surface area contributed by atoms with Crippen LogP contribution in [0.3, 0.4) is 0 Å². The maximum absolute atomic E-state index is 11.6. The van der Waals surface area contributed by atoms with E-state index < -0.39 is 17.9 Å². The van der Waals surface area contributed by atoms with Gasteiger partial charge in [-0.05, 0) is 26.3 Å². The minimum Gasteiger partial charge on any atom is -0.464 e. The van der Waals surface area contributed by atoms with Gasteiger partial charge in [-0.15, -0.1) is 0 Å². The van der Waals surface area contributed by atoms with Gasteiger partial charge in [0.15, 0.2) is 6.04 Å². The lowest BCUT2D eigenvalue weighted by atomic mass is 10.3. The molecule has 1 rings (SSSR count). The zero-order chi connectivity index (χ0) is 13.5. The third kappa shape index (κ3) is 4.62. The van der Waals surface area contributed by atoms with Gasteiger partial charge in [0.2, 0.25) is 5.91 Å². The summed E-state index contributed by atoms with van der Waals surface area (Å²) in [5.41, 5.74) is 5.47. The first kappa shape index (κ1) is 14.9. The largest absolute Gasteiger partial charge is 0.464 e. The minimum atomic E-state index is -1.22. The van der Waals surface area contributed by atoms with E-state index in [4.69, 9.17) is 5.73 Å². The Kier molecular flexibility index (Phi) is 6.07. The molecule has 1 atom stereocenters. The molecule has 6 nitrogen and oxygen atoms in total. The lowest BCUT2D eigenvalue weighted by Gasteiger charge is -2.20. The summed E-state index contributed by atoms with van der Waals surface area (Å²) >= 11 is 0. The molecule has 0 aromatic carbocycles. The second kappa shape index (κ2) is 7.33. The minimum absolute atomic E-state index is 0.227. The van der Waals surface area contributed by atoms with Gasteiger partial charge in [0, 0.05) is 19.1 Å². The highest BCUT2D eigenvalue weighted by atomic mass is 16.5. The van der Waals surface area contributed by atoms with Crippen LogP contribution >= 0.6 is 0 Å². The maximum atomic E-state index is 11.6. The first-order valence-electron chi connectivity index (χ1n) is 6.54. The maximum Gasteiger partial charge on any atom is 0.332 e. The fraction of sp³-hybridized carbons (Fsp3) is 0.833. The Morgan fingerprint density at radius 2 is 2.11 bits per heavy atom. The van der Waals surface area contributed by atoms with Crippen LogP contribution in [-0.2, 0) is 14.3 Å². The Bertz CT molecular complexity index is 292. The molecule has 1 amide bonds. The Hall–Kier alpha value is -1.14. The molecule has 0 bridgehead atoms. The van der Waals surface area contributed by atoms with Crippen LogP contribution in [0.15, 0.2) is 0 Å². The van der Waals surface area contributed by atoms with Crippen LogP contribution in [0.25, 0.3) is 0 Å². The lowest BCUT2D eigenvalue weighted by Crippen LogP contribution is -2.48. The molecule has 0 aliphatic heterocycles. The van der Waals surface area contributed by atoms with Gasteiger partial charge in [-0.1, -0.05) is 6.92 Å². The number of nitrogens with one attached hydrogen (secondary N) is 1. The average molecular weight is 257 g/mol. The molecule has 1 fully saturated rings. The van der Waals surface area contributed by atoms with Gasteiger partial charge >= 0.3 is 5.97 Å². The van der Waals surface area contributed by atoms with E-state index in [0.29, 0.717) is 12.6 Å². The molecule has 0 radical (unpaired) electrons. The summed E-state index contributed by atoms with van der Waals surface area (Å²) in [4.78, 5) is 25.1. The Morgan fingerprint density at radius 1 is 1.44 bits per heavy atom. The fourth-order valence-corrected chi connectivity index (χ4v) is 1.81. The van der Waals surface area contributed by atoms with Crippen molar-refractivity contribution in [1.82, 2.24) is 10.2 Å². The van der Waals surface area contributed by atoms with E-state index in [9.17, 15) is 9.59 Å². The topological polar surface area (TPSA) is 84.7 Å². The molecule has 0 aromatic rings.